The summed E-state index contributed by atoms with van der Waals surface area (Å²) in [5.74, 6) is 0. The van der Waals surface area contributed by atoms with E-state index in [1.807, 2.05) is 36.4 Å². The van der Waals surface area contributed by atoms with Crippen LogP contribution in [-0.4, -0.2) is 44.9 Å². The molecule has 3 rings (SSSR count). The minimum Gasteiger partial charge on any atom is -0.382 e. The van der Waals surface area contributed by atoms with Gasteiger partial charge < -0.3 is 23.7 Å². The van der Waals surface area contributed by atoms with Crippen molar-refractivity contribution in [2.45, 2.75) is 70.4 Å². The van der Waals surface area contributed by atoms with Gasteiger partial charge in [-0.05, 0) is 30.4 Å². The maximum atomic E-state index is 6.34. The molecule has 0 aromatic heterocycles. The third-order valence-corrected chi connectivity index (χ3v) is 5.59. The van der Waals surface area contributed by atoms with Gasteiger partial charge in [0.05, 0.1) is 26.4 Å². The Kier molecular flexibility index (Phi) is 11.6. The highest BCUT2D eigenvalue weighted by Crippen LogP contribution is 2.29. The highest BCUT2D eigenvalue weighted by molar-refractivity contribution is 5.14. The van der Waals surface area contributed by atoms with Crippen molar-refractivity contribution in [1.82, 2.24) is 0 Å². The standard InChI is InChI=1S/C28H38O5/c1-3-4-5-6-7-14-19-30-28-27(32-21-24-17-12-9-13-18-24)26(25(33-28)22-29-2)31-20-23-15-10-8-11-16-23/h5-6,8-13,15-18,25-28H,3-4,7,14,19-22H2,1-2H3. The number of hydrogen-bond acceptors (Lipinski definition) is 5. The van der Waals surface area contributed by atoms with E-state index in [1.54, 1.807) is 7.11 Å². The summed E-state index contributed by atoms with van der Waals surface area (Å²) in [4.78, 5) is 0. The molecule has 180 valence electrons. The summed E-state index contributed by atoms with van der Waals surface area (Å²) in [5, 5.41) is 0. The van der Waals surface area contributed by atoms with Gasteiger partial charge in [-0.15, -0.1) is 0 Å². The molecule has 0 bridgehead atoms. The lowest BCUT2D eigenvalue weighted by atomic mass is 10.1. The van der Waals surface area contributed by atoms with E-state index in [1.165, 1.54) is 6.42 Å². The zero-order valence-corrected chi connectivity index (χ0v) is 19.9. The molecular formula is C28H38O5. The Morgan fingerprint density at radius 3 is 2.00 bits per heavy atom. The second kappa shape index (κ2) is 15.0. The van der Waals surface area contributed by atoms with Crippen molar-refractivity contribution in [2.24, 2.45) is 0 Å². The monoisotopic (exact) mass is 454 g/mol. The Morgan fingerprint density at radius 2 is 1.39 bits per heavy atom. The molecule has 0 saturated carbocycles. The average Bonchev–Trinajstić information content (AvgIpc) is 3.18. The summed E-state index contributed by atoms with van der Waals surface area (Å²) < 4.78 is 30.5. The summed E-state index contributed by atoms with van der Waals surface area (Å²) in [6, 6.07) is 20.3. The predicted molar refractivity (Wildman–Crippen MR) is 130 cm³/mol. The normalized spacial score (nSPS) is 22.8. The minimum atomic E-state index is -0.491. The van der Waals surface area contributed by atoms with E-state index in [0.717, 1.165) is 30.4 Å². The number of unbranched alkanes of at least 4 members (excludes halogenated alkanes) is 2. The van der Waals surface area contributed by atoms with E-state index < -0.39 is 6.29 Å². The number of benzene rings is 2. The topological polar surface area (TPSA) is 46.2 Å². The zero-order valence-electron chi connectivity index (χ0n) is 19.9. The van der Waals surface area contributed by atoms with E-state index in [2.05, 4.69) is 43.3 Å². The van der Waals surface area contributed by atoms with Crippen LogP contribution >= 0.6 is 0 Å². The number of allylic oxidation sites excluding steroid dienone is 2. The van der Waals surface area contributed by atoms with Gasteiger partial charge in [-0.3, -0.25) is 0 Å². The molecule has 1 aliphatic heterocycles. The van der Waals surface area contributed by atoms with Crippen molar-refractivity contribution in [1.29, 1.82) is 0 Å². The van der Waals surface area contributed by atoms with Crippen molar-refractivity contribution in [3.8, 4) is 0 Å². The molecule has 1 heterocycles. The Morgan fingerprint density at radius 1 is 0.788 bits per heavy atom. The molecule has 0 spiro atoms. The van der Waals surface area contributed by atoms with Crippen molar-refractivity contribution in [3.63, 3.8) is 0 Å². The van der Waals surface area contributed by atoms with Crippen LogP contribution in [0.4, 0.5) is 0 Å². The van der Waals surface area contributed by atoms with Crippen LogP contribution in [-0.2, 0) is 36.9 Å². The van der Waals surface area contributed by atoms with Crippen LogP contribution in [0.25, 0.3) is 0 Å². The van der Waals surface area contributed by atoms with Crippen LogP contribution in [0.15, 0.2) is 72.8 Å². The van der Waals surface area contributed by atoms with Crippen molar-refractivity contribution >= 4 is 0 Å². The van der Waals surface area contributed by atoms with Gasteiger partial charge in [0.2, 0.25) is 0 Å². The number of methoxy groups -OCH3 is 1. The van der Waals surface area contributed by atoms with Crippen LogP contribution in [0.3, 0.4) is 0 Å². The first-order valence-corrected chi connectivity index (χ1v) is 12.0. The Labute approximate surface area is 198 Å². The van der Waals surface area contributed by atoms with E-state index in [9.17, 15) is 0 Å². The van der Waals surface area contributed by atoms with Gasteiger partial charge in [-0.25, -0.2) is 0 Å². The molecule has 4 unspecified atom stereocenters. The first-order chi connectivity index (χ1) is 16.3. The molecule has 1 saturated heterocycles. The van der Waals surface area contributed by atoms with E-state index in [4.69, 9.17) is 23.7 Å². The Balaban J connectivity index is 1.63. The summed E-state index contributed by atoms with van der Waals surface area (Å²) in [5.41, 5.74) is 2.22. The molecule has 2 aromatic rings. The van der Waals surface area contributed by atoms with Crippen LogP contribution in [0.5, 0.6) is 0 Å². The SMILES string of the molecule is CCCC=CCCCOC1OC(COC)C(OCc2ccccc2)C1OCc1ccccc1. The molecule has 0 N–H and O–H groups in total. The van der Waals surface area contributed by atoms with Gasteiger partial charge in [0.15, 0.2) is 6.29 Å². The molecule has 5 heteroatoms. The molecule has 33 heavy (non-hydrogen) atoms. The van der Waals surface area contributed by atoms with Crippen molar-refractivity contribution in [2.75, 3.05) is 20.3 Å². The molecule has 4 atom stereocenters. The van der Waals surface area contributed by atoms with Gasteiger partial charge in [0.25, 0.3) is 0 Å². The second-order valence-corrected chi connectivity index (χ2v) is 8.29. The number of ether oxygens (including phenoxy) is 5. The minimum absolute atomic E-state index is 0.256. The highest BCUT2D eigenvalue weighted by Gasteiger charge is 2.47. The van der Waals surface area contributed by atoms with Crippen molar-refractivity contribution < 1.29 is 23.7 Å². The lowest BCUT2D eigenvalue weighted by Crippen LogP contribution is -2.39. The third-order valence-electron chi connectivity index (χ3n) is 5.59. The summed E-state index contributed by atoms with van der Waals surface area (Å²) in [7, 11) is 1.67. The zero-order chi connectivity index (χ0) is 23.1. The molecule has 0 radical (unpaired) electrons. The fourth-order valence-electron chi connectivity index (χ4n) is 3.84. The predicted octanol–water partition coefficient (Wildman–Crippen LogP) is 5.68. The summed E-state index contributed by atoms with van der Waals surface area (Å²) in [6.45, 7) is 4.17. The summed E-state index contributed by atoms with van der Waals surface area (Å²) in [6.07, 6.45) is 7.32. The van der Waals surface area contributed by atoms with Crippen LogP contribution in [0, 0.1) is 0 Å². The first kappa shape index (κ1) is 25.6. The molecule has 1 aliphatic rings. The fourth-order valence-corrected chi connectivity index (χ4v) is 3.84. The maximum Gasteiger partial charge on any atom is 0.186 e. The molecular weight excluding hydrogens is 416 g/mol. The molecule has 0 amide bonds. The molecule has 0 aliphatic carbocycles. The lowest BCUT2D eigenvalue weighted by Gasteiger charge is -2.25. The fraction of sp³-hybridized carbons (Fsp3) is 0.500. The molecule has 5 nitrogen and oxygen atoms in total. The van der Waals surface area contributed by atoms with Crippen LogP contribution < -0.4 is 0 Å². The summed E-state index contributed by atoms with van der Waals surface area (Å²) >= 11 is 0. The lowest BCUT2D eigenvalue weighted by molar-refractivity contribution is -0.184. The first-order valence-electron chi connectivity index (χ1n) is 12.0. The quantitative estimate of drug-likeness (QED) is 0.256. The Bertz CT molecular complexity index is 779. The number of hydrogen-bond donors (Lipinski definition) is 0. The average molecular weight is 455 g/mol. The van der Waals surface area contributed by atoms with Gasteiger partial charge in [-0.2, -0.15) is 0 Å². The largest absolute Gasteiger partial charge is 0.382 e. The third kappa shape index (κ3) is 8.69. The maximum absolute atomic E-state index is 6.34. The van der Waals surface area contributed by atoms with E-state index >= 15 is 0 Å². The molecule has 2 aromatic carbocycles. The van der Waals surface area contributed by atoms with Crippen molar-refractivity contribution in [3.05, 3.63) is 83.9 Å². The van der Waals surface area contributed by atoms with Gasteiger partial charge in [0, 0.05) is 7.11 Å². The van der Waals surface area contributed by atoms with E-state index in [-0.39, 0.29) is 18.3 Å². The smallest absolute Gasteiger partial charge is 0.186 e. The van der Waals surface area contributed by atoms with Crippen LogP contribution in [0.2, 0.25) is 0 Å². The highest BCUT2D eigenvalue weighted by atomic mass is 16.7. The van der Waals surface area contributed by atoms with Gasteiger partial charge >= 0.3 is 0 Å². The molecule has 1 fully saturated rings. The van der Waals surface area contributed by atoms with Crippen LogP contribution in [0.1, 0.15) is 43.7 Å². The second-order valence-electron chi connectivity index (χ2n) is 8.29. The number of rotatable bonds is 15. The Hall–Kier alpha value is -2.02. The van der Waals surface area contributed by atoms with E-state index in [0.29, 0.717) is 26.4 Å². The van der Waals surface area contributed by atoms with Gasteiger partial charge in [0.1, 0.15) is 18.3 Å². The van der Waals surface area contributed by atoms with Gasteiger partial charge in [-0.1, -0.05) is 86.2 Å².